The van der Waals surface area contributed by atoms with Crippen LogP contribution in [-0.4, -0.2) is 23.2 Å². The fourth-order valence-corrected chi connectivity index (χ4v) is 2.95. The summed E-state index contributed by atoms with van der Waals surface area (Å²) in [4.78, 5) is 9.24. The van der Waals surface area contributed by atoms with Crippen molar-refractivity contribution in [1.29, 1.82) is 0 Å². The summed E-state index contributed by atoms with van der Waals surface area (Å²) >= 11 is 2.27. The van der Waals surface area contributed by atoms with Crippen molar-refractivity contribution in [2.75, 3.05) is 18.9 Å². The van der Waals surface area contributed by atoms with E-state index >= 15 is 0 Å². The van der Waals surface area contributed by atoms with Crippen LogP contribution in [0.1, 0.15) is 49.0 Å². The van der Waals surface area contributed by atoms with Crippen LogP contribution in [0.2, 0.25) is 0 Å². The zero-order valence-electron chi connectivity index (χ0n) is 9.66. The number of anilines is 1. The number of nitrogen functional groups attached to an aromatic ring is 1. The van der Waals surface area contributed by atoms with E-state index in [4.69, 9.17) is 15.5 Å². The van der Waals surface area contributed by atoms with Crippen LogP contribution in [-0.2, 0) is 4.74 Å². The molecule has 2 N–H and O–H groups in total. The van der Waals surface area contributed by atoms with Crippen molar-refractivity contribution < 1.29 is 4.74 Å². The smallest absolute Gasteiger partial charge is 0.140 e. The van der Waals surface area contributed by atoms with Crippen molar-refractivity contribution in [3.63, 3.8) is 0 Å². The van der Waals surface area contributed by atoms with E-state index in [1.54, 1.807) is 0 Å². The molecule has 17 heavy (non-hydrogen) atoms. The van der Waals surface area contributed by atoms with E-state index < -0.39 is 0 Å². The van der Waals surface area contributed by atoms with E-state index in [2.05, 4.69) is 27.6 Å². The van der Waals surface area contributed by atoms with Gasteiger partial charge in [-0.05, 0) is 48.3 Å². The Morgan fingerprint density at radius 2 is 1.76 bits per heavy atom. The molecular formula is C12H16IN3O. The van der Waals surface area contributed by atoms with Crippen LogP contribution in [0, 0.1) is 3.57 Å². The lowest BCUT2D eigenvalue weighted by atomic mass is 9.99. The Kier molecular flexibility index (Phi) is 3.21. The molecule has 1 aromatic heterocycles. The first-order valence-corrected chi connectivity index (χ1v) is 7.24. The molecule has 2 aliphatic rings. The fourth-order valence-electron chi connectivity index (χ4n) is 2.27. The summed E-state index contributed by atoms with van der Waals surface area (Å²) < 4.78 is 6.43. The van der Waals surface area contributed by atoms with E-state index in [1.165, 1.54) is 18.5 Å². The molecule has 1 aromatic rings. The molecule has 0 amide bonds. The standard InChI is InChI=1S/C12H16IN3O/c13-9-10(7-1-2-7)15-12(16-11(9)14)8-3-5-17-6-4-8/h7-8H,1-6H2,(H2,14,15,16). The summed E-state index contributed by atoms with van der Waals surface area (Å²) in [6.07, 6.45) is 4.54. The van der Waals surface area contributed by atoms with Gasteiger partial charge in [0.1, 0.15) is 11.6 Å². The second-order valence-corrected chi connectivity index (χ2v) is 5.91. The monoisotopic (exact) mass is 345 g/mol. The molecule has 0 aromatic carbocycles. The predicted molar refractivity (Wildman–Crippen MR) is 73.9 cm³/mol. The van der Waals surface area contributed by atoms with Crippen molar-refractivity contribution >= 4 is 28.4 Å². The van der Waals surface area contributed by atoms with E-state index in [9.17, 15) is 0 Å². The first kappa shape index (κ1) is 11.6. The Labute approximate surface area is 114 Å². The Morgan fingerprint density at radius 1 is 1.06 bits per heavy atom. The Morgan fingerprint density at radius 3 is 2.41 bits per heavy atom. The number of aromatic nitrogens is 2. The van der Waals surface area contributed by atoms with Crippen molar-refractivity contribution in [3.05, 3.63) is 15.1 Å². The van der Waals surface area contributed by atoms with Gasteiger partial charge in [0.05, 0.1) is 9.26 Å². The van der Waals surface area contributed by atoms with Crippen LogP contribution in [0.15, 0.2) is 0 Å². The largest absolute Gasteiger partial charge is 0.383 e. The molecule has 1 aliphatic heterocycles. The molecule has 5 heteroatoms. The molecule has 1 aliphatic carbocycles. The van der Waals surface area contributed by atoms with Gasteiger partial charge in [0.15, 0.2) is 0 Å². The molecule has 2 fully saturated rings. The highest BCUT2D eigenvalue weighted by Gasteiger charge is 2.30. The molecule has 0 atom stereocenters. The quantitative estimate of drug-likeness (QED) is 0.837. The maximum absolute atomic E-state index is 6.00. The molecule has 1 saturated heterocycles. The normalized spacial score (nSPS) is 21.7. The highest BCUT2D eigenvalue weighted by molar-refractivity contribution is 14.1. The third-order valence-corrected chi connectivity index (χ3v) is 4.58. The van der Waals surface area contributed by atoms with Gasteiger partial charge in [-0.25, -0.2) is 9.97 Å². The van der Waals surface area contributed by atoms with Crippen LogP contribution < -0.4 is 5.73 Å². The lowest BCUT2D eigenvalue weighted by Gasteiger charge is -2.21. The molecular weight excluding hydrogens is 329 g/mol. The van der Waals surface area contributed by atoms with Gasteiger partial charge in [0.2, 0.25) is 0 Å². The number of hydrogen-bond acceptors (Lipinski definition) is 4. The molecule has 0 bridgehead atoms. The van der Waals surface area contributed by atoms with Crippen molar-refractivity contribution in [2.24, 2.45) is 0 Å². The van der Waals surface area contributed by atoms with Crippen LogP contribution >= 0.6 is 22.6 Å². The topological polar surface area (TPSA) is 61.0 Å². The first-order valence-electron chi connectivity index (χ1n) is 6.16. The third kappa shape index (κ3) is 2.40. The average molecular weight is 345 g/mol. The van der Waals surface area contributed by atoms with Gasteiger partial charge in [-0.3, -0.25) is 0 Å². The first-order chi connectivity index (χ1) is 8.25. The summed E-state index contributed by atoms with van der Waals surface area (Å²) in [5, 5.41) is 0. The van der Waals surface area contributed by atoms with Crippen LogP contribution in [0.3, 0.4) is 0 Å². The van der Waals surface area contributed by atoms with Gasteiger partial charge in [0.25, 0.3) is 0 Å². The van der Waals surface area contributed by atoms with Crippen LogP contribution in [0.25, 0.3) is 0 Å². The second kappa shape index (κ2) is 4.68. The zero-order chi connectivity index (χ0) is 11.8. The average Bonchev–Trinajstić information content (AvgIpc) is 3.18. The minimum absolute atomic E-state index is 0.431. The van der Waals surface area contributed by atoms with E-state index in [0.29, 0.717) is 17.7 Å². The maximum atomic E-state index is 6.00. The number of nitrogens with zero attached hydrogens (tertiary/aromatic N) is 2. The summed E-state index contributed by atoms with van der Waals surface area (Å²) in [7, 11) is 0. The number of nitrogens with two attached hydrogens (primary N) is 1. The highest BCUT2D eigenvalue weighted by atomic mass is 127. The summed E-state index contributed by atoms with van der Waals surface area (Å²) in [5.74, 6) is 2.66. The van der Waals surface area contributed by atoms with Crippen LogP contribution in [0.4, 0.5) is 5.82 Å². The molecule has 0 spiro atoms. The summed E-state index contributed by atoms with van der Waals surface area (Å²) in [6.45, 7) is 1.64. The molecule has 92 valence electrons. The van der Waals surface area contributed by atoms with Crippen molar-refractivity contribution in [3.8, 4) is 0 Å². The summed E-state index contributed by atoms with van der Waals surface area (Å²) in [5.41, 5.74) is 7.18. The van der Waals surface area contributed by atoms with E-state index in [0.717, 1.165) is 35.4 Å². The SMILES string of the molecule is Nc1nc(C2CCOCC2)nc(C2CC2)c1I. The lowest BCUT2D eigenvalue weighted by Crippen LogP contribution is -2.18. The molecule has 0 radical (unpaired) electrons. The van der Waals surface area contributed by atoms with Crippen LogP contribution in [0.5, 0.6) is 0 Å². The molecule has 1 saturated carbocycles. The van der Waals surface area contributed by atoms with E-state index in [-0.39, 0.29) is 0 Å². The summed E-state index contributed by atoms with van der Waals surface area (Å²) in [6, 6.07) is 0. The van der Waals surface area contributed by atoms with Crippen molar-refractivity contribution in [2.45, 2.75) is 37.5 Å². The lowest BCUT2D eigenvalue weighted by molar-refractivity contribution is 0.0835. The Hall–Kier alpha value is -0.430. The third-order valence-electron chi connectivity index (χ3n) is 3.47. The fraction of sp³-hybridized carbons (Fsp3) is 0.667. The number of ether oxygens (including phenoxy) is 1. The molecule has 3 rings (SSSR count). The predicted octanol–water partition coefficient (Wildman–Crippen LogP) is 2.43. The molecule has 0 unspecified atom stereocenters. The highest BCUT2D eigenvalue weighted by Crippen LogP contribution is 2.42. The second-order valence-electron chi connectivity index (χ2n) is 4.83. The molecule has 4 nitrogen and oxygen atoms in total. The minimum atomic E-state index is 0.431. The van der Waals surface area contributed by atoms with E-state index in [1.807, 2.05) is 0 Å². The number of rotatable bonds is 2. The number of hydrogen-bond donors (Lipinski definition) is 1. The minimum Gasteiger partial charge on any atom is -0.383 e. The Bertz CT molecular complexity index is 428. The van der Waals surface area contributed by atoms with Gasteiger partial charge in [-0.2, -0.15) is 0 Å². The zero-order valence-corrected chi connectivity index (χ0v) is 11.8. The molecule has 2 heterocycles. The number of halogens is 1. The maximum Gasteiger partial charge on any atom is 0.140 e. The van der Waals surface area contributed by atoms with Gasteiger partial charge >= 0.3 is 0 Å². The van der Waals surface area contributed by atoms with Crippen molar-refractivity contribution in [1.82, 2.24) is 9.97 Å². The van der Waals surface area contributed by atoms with Gasteiger partial charge in [0, 0.05) is 25.0 Å². The van der Waals surface area contributed by atoms with Gasteiger partial charge in [-0.15, -0.1) is 0 Å². The van der Waals surface area contributed by atoms with Gasteiger partial charge < -0.3 is 10.5 Å². The van der Waals surface area contributed by atoms with Gasteiger partial charge in [-0.1, -0.05) is 0 Å². The Balaban J connectivity index is 1.93.